The summed E-state index contributed by atoms with van der Waals surface area (Å²) in [5, 5.41) is 6.73. The van der Waals surface area contributed by atoms with Gasteiger partial charge in [-0.15, -0.1) is 0 Å². The number of hydrogen-bond acceptors (Lipinski definition) is 6. The number of halogens is 3. The Hall–Kier alpha value is -4.98. The van der Waals surface area contributed by atoms with Gasteiger partial charge in [0.15, 0.2) is 0 Å². The molecule has 4 aromatic rings. The maximum absolute atomic E-state index is 13.7. The monoisotopic (exact) mass is 521 g/mol. The number of rotatable bonds is 5. The molecule has 1 amide bonds. The minimum Gasteiger partial charge on any atom is -0.497 e. The first-order valence-corrected chi connectivity index (χ1v) is 11.1. The van der Waals surface area contributed by atoms with Gasteiger partial charge in [0, 0.05) is 65.6 Å². The first-order valence-electron chi connectivity index (χ1n) is 11.1. The Bertz CT molecular complexity index is 1550. The van der Waals surface area contributed by atoms with Crippen LogP contribution in [0.3, 0.4) is 0 Å². The van der Waals surface area contributed by atoms with Gasteiger partial charge in [0.1, 0.15) is 17.3 Å². The van der Waals surface area contributed by atoms with E-state index in [1.54, 1.807) is 48.4 Å². The predicted octanol–water partition coefficient (Wildman–Crippen LogP) is 4.75. The van der Waals surface area contributed by atoms with Crippen molar-refractivity contribution >= 4 is 17.4 Å². The smallest absolute Gasteiger partial charge is 0.417 e. The van der Waals surface area contributed by atoms with Crippen molar-refractivity contribution in [2.24, 2.45) is 7.05 Å². The second-order valence-electron chi connectivity index (χ2n) is 8.12. The van der Waals surface area contributed by atoms with Crippen molar-refractivity contribution in [3.63, 3.8) is 0 Å². The van der Waals surface area contributed by atoms with Crippen molar-refractivity contribution in [2.75, 3.05) is 25.3 Å². The van der Waals surface area contributed by atoms with E-state index in [1.165, 1.54) is 20.4 Å². The van der Waals surface area contributed by atoms with Crippen molar-refractivity contribution < 1.29 is 27.4 Å². The zero-order chi connectivity index (χ0) is 27.4. The molecule has 38 heavy (non-hydrogen) atoms. The van der Waals surface area contributed by atoms with E-state index >= 15 is 0 Å². The summed E-state index contributed by atoms with van der Waals surface area (Å²) in [7, 11) is 4.66. The number of anilines is 2. The maximum atomic E-state index is 13.7. The third-order valence-corrected chi connectivity index (χ3v) is 5.49. The Morgan fingerprint density at radius 3 is 2.26 bits per heavy atom. The number of nitrogens with two attached hydrogens (primary N) is 1. The molecule has 0 aliphatic heterocycles. The van der Waals surface area contributed by atoms with Gasteiger partial charge in [0.25, 0.3) is 5.91 Å². The number of carbonyl (C=O) groups is 1. The number of alkyl halides is 3. The molecule has 11 heteroatoms. The maximum Gasteiger partial charge on any atom is 0.417 e. The highest BCUT2D eigenvalue weighted by Crippen LogP contribution is 2.33. The summed E-state index contributed by atoms with van der Waals surface area (Å²) >= 11 is 0. The van der Waals surface area contributed by atoms with E-state index in [-0.39, 0.29) is 22.5 Å². The summed E-state index contributed by atoms with van der Waals surface area (Å²) in [5.41, 5.74) is 6.49. The summed E-state index contributed by atoms with van der Waals surface area (Å²) in [5.74, 6) is 5.47. The normalized spacial score (nSPS) is 10.9. The van der Waals surface area contributed by atoms with Crippen LogP contribution in [-0.4, -0.2) is 34.9 Å². The number of ether oxygens (including phenoxy) is 2. The molecule has 0 spiro atoms. The van der Waals surface area contributed by atoms with E-state index in [9.17, 15) is 18.0 Å². The third kappa shape index (κ3) is 5.87. The fraction of sp³-hybridized carbons (Fsp3) is 0.148. The number of aryl methyl sites for hydroxylation is 1. The van der Waals surface area contributed by atoms with Crippen molar-refractivity contribution in [3.05, 3.63) is 83.3 Å². The van der Waals surface area contributed by atoms with Crippen LogP contribution in [0.15, 0.2) is 61.1 Å². The number of carbonyl (C=O) groups excluding carboxylic acids is 1. The van der Waals surface area contributed by atoms with Gasteiger partial charge < -0.3 is 20.5 Å². The molecule has 0 atom stereocenters. The topological polar surface area (TPSA) is 104 Å². The molecular formula is C27H22F3N5O3. The number of hydrogen-bond donors (Lipinski definition) is 2. The molecule has 2 aromatic carbocycles. The lowest BCUT2D eigenvalue weighted by atomic mass is 10.0. The number of nitrogens with zero attached hydrogens (tertiary/aromatic N) is 3. The van der Waals surface area contributed by atoms with Crippen LogP contribution in [0, 0.1) is 11.8 Å². The quantitative estimate of drug-likeness (QED) is 0.367. The van der Waals surface area contributed by atoms with Crippen LogP contribution in [0.5, 0.6) is 11.5 Å². The lowest BCUT2D eigenvalue weighted by molar-refractivity contribution is -0.137. The van der Waals surface area contributed by atoms with Gasteiger partial charge in [-0.3, -0.25) is 9.48 Å². The average molecular weight is 521 g/mol. The van der Waals surface area contributed by atoms with E-state index in [1.807, 2.05) is 0 Å². The molecule has 194 valence electrons. The van der Waals surface area contributed by atoms with Gasteiger partial charge in [-0.2, -0.15) is 18.3 Å². The second kappa shape index (κ2) is 10.6. The highest BCUT2D eigenvalue weighted by atomic mass is 19.4. The zero-order valence-electron chi connectivity index (χ0n) is 20.6. The van der Waals surface area contributed by atoms with Crippen LogP contribution in [0.1, 0.15) is 27.0 Å². The predicted molar refractivity (Wildman–Crippen MR) is 136 cm³/mol. The van der Waals surface area contributed by atoms with Gasteiger partial charge in [-0.25, -0.2) is 4.98 Å². The number of aromatic nitrogens is 3. The number of nitrogen functional groups attached to an aromatic ring is 1. The Labute approximate surface area is 216 Å². The highest BCUT2D eigenvalue weighted by molar-refractivity contribution is 6.04. The van der Waals surface area contributed by atoms with Gasteiger partial charge in [-0.05, 0) is 24.3 Å². The number of amides is 1. The van der Waals surface area contributed by atoms with E-state index in [0.717, 1.165) is 23.8 Å². The summed E-state index contributed by atoms with van der Waals surface area (Å²) in [6.07, 6.45) is 0.204. The zero-order valence-corrected chi connectivity index (χ0v) is 20.6. The van der Waals surface area contributed by atoms with E-state index in [4.69, 9.17) is 15.2 Å². The van der Waals surface area contributed by atoms with E-state index < -0.39 is 17.6 Å². The molecule has 0 saturated heterocycles. The summed E-state index contributed by atoms with van der Waals surface area (Å²) < 4.78 is 53.2. The van der Waals surface area contributed by atoms with E-state index in [2.05, 4.69) is 27.2 Å². The van der Waals surface area contributed by atoms with Crippen molar-refractivity contribution in [3.8, 4) is 34.5 Å². The summed E-state index contributed by atoms with van der Waals surface area (Å²) in [6.45, 7) is 0. The molecule has 0 bridgehead atoms. The fourth-order valence-electron chi connectivity index (χ4n) is 3.56. The molecule has 0 unspecified atom stereocenters. The molecule has 8 nitrogen and oxygen atoms in total. The molecule has 0 aliphatic carbocycles. The lowest BCUT2D eigenvalue weighted by Gasteiger charge is -2.12. The van der Waals surface area contributed by atoms with Gasteiger partial charge in [0.2, 0.25) is 0 Å². The first kappa shape index (κ1) is 26.1. The average Bonchev–Trinajstić information content (AvgIpc) is 3.33. The Kier molecular flexibility index (Phi) is 7.25. The van der Waals surface area contributed by atoms with Gasteiger partial charge >= 0.3 is 6.18 Å². The molecule has 3 N–H and O–H groups in total. The molecular weight excluding hydrogens is 499 g/mol. The number of pyridine rings is 1. The van der Waals surface area contributed by atoms with Crippen LogP contribution >= 0.6 is 0 Å². The molecule has 0 saturated carbocycles. The lowest BCUT2D eigenvalue weighted by Crippen LogP contribution is -2.14. The van der Waals surface area contributed by atoms with Crippen molar-refractivity contribution in [1.82, 2.24) is 14.8 Å². The van der Waals surface area contributed by atoms with Crippen LogP contribution in [0.25, 0.3) is 11.1 Å². The molecule has 0 aliphatic rings. The molecule has 2 heterocycles. The standard InChI is InChI=1S/C27H22F3N5O3/c1-35-15-20(14-33-35)19-9-17(25(31)32-13-19)5-4-16-8-18(6-7-24(16)27(28,29)30)26(36)34-21-10-22(37-2)12-23(11-21)38-3/h6-15H,1-3H3,(H2,31,32)(H,34,36). The first-order chi connectivity index (χ1) is 18.1. The molecule has 0 fully saturated rings. The largest absolute Gasteiger partial charge is 0.497 e. The fourth-order valence-corrected chi connectivity index (χ4v) is 3.56. The van der Waals surface area contributed by atoms with Crippen LogP contribution < -0.4 is 20.5 Å². The van der Waals surface area contributed by atoms with Crippen LogP contribution in [0.2, 0.25) is 0 Å². The SMILES string of the molecule is COc1cc(NC(=O)c2ccc(C(F)(F)F)c(C#Cc3cc(-c4cnn(C)c4)cnc3N)c2)cc(OC)c1. The van der Waals surface area contributed by atoms with Crippen molar-refractivity contribution in [1.29, 1.82) is 0 Å². The van der Waals surface area contributed by atoms with Crippen LogP contribution in [-0.2, 0) is 13.2 Å². The van der Waals surface area contributed by atoms with Crippen molar-refractivity contribution in [2.45, 2.75) is 6.18 Å². The Morgan fingerprint density at radius 2 is 1.66 bits per heavy atom. The van der Waals surface area contributed by atoms with Gasteiger partial charge in [-0.1, -0.05) is 11.8 Å². The molecule has 2 aromatic heterocycles. The van der Waals surface area contributed by atoms with E-state index in [0.29, 0.717) is 22.7 Å². The summed E-state index contributed by atoms with van der Waals surface area (Å²) in [4.78, 5) is 17.0. The Balaban J connectivity index is 1.70. The third-order valence-electron chi connectivity index (χ3n) is 5.49. The minimum absolute atomic E-state index is 0.0284. The Morgan fingerprint density at radius 1 is 0.974 bits per heavy atom. The summed E-state index contributed by atoms with van der Waals surface area (Å²) in [6, 6.07) is 9.32. The number of methoxy groups -OCH3 is 2. The molecule has 4 rings (SSSR count). The second-order valence-corrected chi connectivity index (χ2v) is 8.12. The van der Waals surface area contributed by atoms with Gasteiger partial charge in [0.05, 0.1) is 31.5 Å². The van der Waals surface area contributed by atoms with Crippen LogP contribution in [0.4, 0.5) is 24.7 Å². The number of nitrogens with one attached hydrogen (secondary N) is 1. The highest BCUT2D eigenvalue weighted by Gasteiger charge is 2.33. The molecule has 0 radical (unpaired) electrons. The number of benzene rings is 2. The minimum atomic E-state index is -4.69.